The minimum absolute atomic E-state index is 0.865. The molecule has 1 nitrogen and oxygen atoms in total. The van der Waals surface area contributed by atoms with Crippen molar-refractivity contribution in [2.75, 3.05) is 6.61 Å². The first-order valence-corrected chi connectivity index (χ1v) is 4.78. The van der Waals surface area contributed by atoms with E-state index in [1.165, 1.54) is 12.8 Å². The molecule has 1 heteroatoms. The van der Waals surface area contributed by atoms with E-state index in [0.29, 0.717) is 0 Å². The van der Waals surface area contributed by atoms with Crippen LogP contribution < -0.4 is 0 Å². The van der Waals surface area contributed by atoms with Crippen LogP contribution in [0.25, 0.3) is 0 Å². The van der Waals surface area contributed by atoms with Crippen molar-refractivity contribution in [1.29, 1.82) is 0 Å². The monoisotopic (exact) mass is 167 g/mol. The molecule has 69 valence electrons. The number of rotatable bonds is 8. The van der Waals surface area contributed by atoms with Gasteiger partial charge >= 0.3 is 0 Å². The average molecular weight is 167 g/mol. The van der Waals surface area contributed by atoms with Crippen LogP contribution in [-0.2, 0) is 4.74 Å². The summed E-state index contributed by atoms with van der Waals surface area (Å²) in [6, 6.07) is 0. The van der Waals surface area contributed by atoms with E-state index in [1.54, 1.807) is 0 Å². The maximum atomic E-state index is 5.22. The van der Waals surface area contributed by atoms with Gasteiger partial charge in [0.25, 0.3) is 0 Å². The molecule has 0 fully saturated rings. The highest BCUT2D eigenvalue weighted by Gasteiger charge is 1.89. The van der Waals surface area contributed by atoms with Gasteiger partial charge in [-0.1, -0.05) is 19.8 Å². The molecule has 12 heavy (non-hydrogen) atoms. The van der Waals surface area contributed by atoms with Crippen molar-refractivity contribution >= 4 is 0 Å². The van der Waals surface area contributed by atoms with E-state index in [0.717, 1.165) is 32.3 Å². The Labute approximate surface area is 76.5 Å². The fourth-order valence-corrected chi connectivity index (χ4v) is 0.967. The summed E-state index contributed by atoms with van der Waals surface area (Å²) in [6.07, 6.45) is 11.8. The van der Waals surface area contributed by atoms with Gasteiger partial charge in [0.05, 0.1) is 6.61 Å². The fourth-order valence-electron chi connectivity index (χ4n) is 0.967. The van der Waals surface area contributed by atoms with Crippen LogP contribution in [0.1, 0.15) is 45.4 Å². The summed E-state index contributed by atoms with van der Waals surface area (Å²) in [5, 5.41) is 0. The van der Waals surface area contributed by atoms with Crippen LogP contribution in [0.15, 0.2) is 0 Å². The van der Waals surface area contributed by atoms with E-state index in [2.05, 4.69) is 12.8 Å². The average Bonchev–Trinajstić information content (AvgIpc) is 2.10. The standard InChI is InChI=1S/C11H19O/c1-3-5-6-7-8-9-11-12-10-4-2/h1,10H,4-9,11H2,2H3. The number of unbranched alkanes of at least 4 members (excludes halogenated alkanes) is 4. The van der Waals surface area contributed by atoms with Gasteiger partial charge in [-0.05, 0) is 19.3 Å². The minimum Gasteiger partial charge on any atom is -0.376 e. The second kappa shape index (κ2) is 10.5. The van der Waals surface area contributed by atoms with Gasteiger partial charge in [0.1, 0.15) is 0 Å². The zero-order valence-corrected chi connectivity index (χ0v) is 8.01. The lowest BCUT2D eigenvalue weighted by Gasteiger charge is -2.00. The first kappa shape index (κ1) is 11.5. The molecule has 0 aromatic rings. The Morgan fingerprint density at radius 3 is 2.67 bits per heavy atom. The second-order valence-corrected chi connectivity index (χ2v) is 2.81. The highest BCUT2D eigenvalue weighted by molar-refractivity contribution is 4.82. The molecule has 0 amide bonds. The van der Waals surface area contributed by atoms with Crippen LogP contribution in [0, 0.1) is 19.0 Å². The maximum absolute atomic E-state index is 5.22. The fraction of sp³-hybridized carbons (Fsp3) is 0.727. The van der Waals surface area contributed by atoms with Gasteiger partial charge < -0.3 is 4.74 Å². The highest BCUT2D eigenvalue weighted by Crippen LogP contribution is 2.02. The molecule has 0 aliphatic rings. The Bertz CT molecular complexity index is 113. The largest absolute Gasteiger partial charge is 0.376 e. The molecule has 0 aromatic heterocycles. The molecule has 0 saturated heterocycles. The van der Waals surface area contributed by atoms with Gasteiger partial charge in [-0.2, -0.15) is 0 Å². The predicted molar refractivity (Wildman–Crippen MR) is 52.5 cm³/mol. The molecule has 0 aliphatic heterocycles. The molecule has 0 saturated carbocycles. The minimum atomic E-state index is 0.865. The molecular formula is C11H19O. The molecular weight excluding hydrogens is 148 g/mol. The Kier molecular flexibility index (Phi) is 10.1. The van der Waals surface area contributed by atoms with Gasteiger partial charge in [0.2, 0.25) is 0 Å². The Balaban J connectivity index is 2.78. The third-order valence-electron chi connectivity index (χ3n) is 1.62. The van der Waals surface area contributed by atoms with E-state index in [4.69, 9.17) is 11.2 Å². The van der Waals surface area contributed by atoms with Crippen molar-refractivity contribution in [2.24, 2.45) is 0 Å². The third kappa shape index (κ3) is 9.52. The molecule has 0 unspecified atom stereocenters. The molecule has 0 heterocycles. The van der Waals surface area contributed by atoms with Crippen molar-refractivity contribution in [2.45, 2.75) is 45.4 Å². The molecule has 0 aromatic carbocycles. The molecule has 0 N–H and O–H groups in total. The van der Waals surface area contributed by atoms with Crippen molar-refractivity contribution in [3.8, 4) is 12.3 Å². The van der Waals surface area contributed by atoms with Crippen molar-refractivity contribution in [3.63, 3.8) is 0 Å². The van der Waals surface area contributed by atoms with E-state index in [9.17, 15) is 0 Å². The maximum Gasteiger partial charge on any atom is 0.0833 e. The molecule has 0 spiro atoms. The summed E-state index contributed by atoms with van der Waals surface area (Å²) in [6.45, 7) is 4.80. The molecule has 0 aliphatic carbocycles. The van der Waals surface area contributed by atoms with Gasteiger partial charge in [-0.15, -0.1) is 12.3 Å². The normalized spacial score (nSPS) is 9.67. The van der Waals surface area contributed by atoms with Gasteiger partial charge in [0, 0.05) is 13.0 Å². The second-order valence-electron chi connectivity index (χ2n) is 2.81. The summed E-state index contributed by atoms with van der Waals surface area (Å²) in [5.41, 5.74) is 0. The zero-order valence-electron chi connectivity index (χ0n) is 8.01. The van der Waals surface area contributed by atoms with E-state index in [-0.39, 0.29) is 0 Å². The zero-order chi connectivity index (χ0) is 9.07. The van der Waals surface area contributed by atoms with Crippen molar-refractivity contribution in [1.82, 2.24) is 0 Å². The number of terminal acetylenes is 1. The number of ether oxygens (including phenoxy) is 1. The first-order valence-electron chi connectivity index (χ1n) is 4.78. The third-order valence-corrected chi connectivity index (χ3v) is 1.62. The van der Waals surface area contributed by atoms with Gasteiger partial charge in [-0.25, -0.2) is 0 Å². The van der Waals surface area contributed by atoms with E-state index < -0.39 is 0 Å². The summed E-state index contributed by atoms with van der Waals surface area (Å²) in [4.78, 5) is 0. The van der Waals surface area contributed by atoms with Crippen LogP contribution >= 0.6 is 0 Å². The lowest BCUT2D eigenvalue weighted by Crippen LogP contribution is -1.90. The summed E-state index contributed by atoms with van der Waals surface area (Å²) in [5.74, 6) is 2.64. The van der Waals surface area contributed by atoms with Crippen molar-refractivity contribution < 1.29 is 4.74 Å². The van der Waals surface area contributed by atoms with Gasteiger partial charge in [0.15, 0.2) is 0 Å². The van der Waals surface area contributed by atoms with E-state index in [1.807, 2.05) is 6.61 Å². The van der Waals surface area contributed by atoms with Crippen molar-refractivity contribution in [3.05, 3.63) is 6.61 Å². The van der Waals surface area contributed by atoms with Gasteiger partial charge in [-0.3, -0.25) is 0 Å². The predicted octanol–water partition coefficient (Wildman–Crippen LogP) is 3.16. The number of hydrogen-bond acceptors (Lipinski definition) is 1. The molecule has 0 atom stereocenters. The summed E-state index contributed by atoms with van der Waals surface area (Å²) >= 11 is 0. The SMILES string of the molecule is C#CCCCCCCO[CH]CC. The van der Waals surface area contributed by atoms with Crippen LogP contribution in [0.2, 0.25) is 0 Å². The summed E-state index contributed by atoms with van der Waals surface area (Å²) < 4.78 is 5.22. The smallest absolute Gasteiger partial charge is 0.0833 e. The topological polar surface area (TPSA) is 9.23 Å². The molecule has 0 bridgehead atoms. The quantitative estimate of drug-likeness (QED) is 0.398. The van der Waals surface area contributed by atoms with E-state index >= 15 is 0 Å². The Morgan fingerprint density at radius 2 is 2.00 bits per heavy atom. The Morgan fingerprint density at radius 1 is 1.25 bits per heavy atom. The van der Waals surface area contributed by atoms with Crippen LogP contribution in [0.5, 0.6) is 0 Å². The Hall–Kier alpha value is -0.480. The van der Waals surface area contributed by atoms with Crippen LogP contribution in [0.4, 0.5) is 0 Å². The number of hydrogen-bond donors (Lipinski definition) is 0. The molecule has 1 radical (unpaired) electrons. The first-order chi connectivity index (χ1) is 5.91. The highest BCUT2D eigenvalue weighted by atomic mass is 16.5. The lowest BCUT2D eigenvalue weighted by atomic mass is 10.1. The summed E-state index contributed by atoms with van der Waals surface area (Å²) in [7, 11) is 0. The van der Waals surface area contributed by atoms with Crippen LogP contribution in [0.3, 0.4) is 0 Å². The lowest BCUT2D eigenvalue weighted by molar-refractivity contribution is 0.188. The van der Waals surface area contributed by atoms with Crippen LogP contribution in [-0.4, -0.2) is 6.61 Å². The molecule has 0 rings (SSSR count).